The average Bonchev–Trinajstić information content (AvgIpc) is 2.36. The maximum atomic E-state index is 6.27. The minimum Gasteiger partial charge on any atom is -0.496 e. The van der Waals surface area contributed by atoms with Crippen LogP contribution in [0.1, 0.15) is 42.0 Å². The molecule has 1 fully saturated rings. The van der Waals surface area contributed by atoms with Crippen LogP contribution in [0, 0.1) is 13.8 Å². The van der Waals surface area contributed by atoms with Gasteiger partial charge in [0.05, 0.1) is 12.1 Å². The number of aryl methyl sites for hydroxylation is 1. The molecule has 1 aliphatic rings. The molecule has 0 radical (unpaired) electrons. The Morgan fingerprint density at radius 3 is 2.71 bits per heavy atom. The summed E-state index contributed by atoms with van der Waals surface area (Å²) < 4.78 is 5.54. The highest BCUT2D eigenvalue weighted by atomic mass is 35.5. The molecule has 17 heavy (non-hydrogen) atoms. The van der Waals surface area contributed by atoms with Crippen molar-refractivity contribution in [3.05, 3.63) is 27.8 Å². The number of piperidine rings is 1. The quantitative estimate of drug-likeness (QED) is 0.866. The second kappa shape index (κ2) is 5.28. The maximum Gasteiger partial charge on any atom is 0.128 e. The zero-order chi connectivity index (χ0) is 12.4. The molecule has 0 saturated carbocycles. The van der Waals surface area contributed by atoms with Gasteiger partial charge in [-0.3, -0.25) is 0 Å². The molecule has 0 aliphatic carbocycles. The molecule has 0 bridgehead atoms. The number of halogens is 1. The van der Waals surface area contributed by atoms with Crippen LogP contribution in [0.4, 0.5) is 0 Å². The number of hydrogen-bond donors (Lipinski definition) is 1. The van der Waals surface area contributed by atoms with Crippen molar-refractivity contribution in [1.29, 1.82) is 0 Å². The lowest BCUT2D eigenvalue weighted by Crippen LogP contribution is -2.27. The van der Waals surface area contributed by atoms with E-state index in [9.17, 15) is 0 Å². The largest absolute Gasteiger partial charge is 0.496 e. The monoisotopic (exact) mass is 253 g/mol. The Kier molecular flexibility index (Phi) is 3.95. The molecule has 3 heteroatoms. The van der Waals surface area contributed by atoms with Crippen molar-refractivity contribution in [1.82, 2.24) is 5.32 Å². The van der Waals surface area contributed by atoms with Crippen molar-refractivity contribution >= 4 is 11.6 Å². The van der Waals surface area contributed by atoms with Crippen molar-refractivity contribution in [3.8, 4) is 5.75 Å². The number of ether oxygens (including phenoxy) is 1. The lowest BCUT2D eigenvalue weighted by molar-refractivity contribution is 0.371. The van der Waals surface area contributed by atoms with Gasteiger partial charge in [0, 0.05) is 17.2 Å². The van der Waals surface area contributed by atoms with Crippen LogP contribution in [0.2, 0.25) is 5.02 Å². The van der Waals surface area contributed by atoms with Crippen molar-refractivity contribution < 1.29 is 4.74 Å². The van der Waals surface area contributed by atoms with E-state index in [1.807, 2.05) is 6.92 Å². The molecule has 1 heterocycles. The Balaban J connectivity index is 2.44. The molecule has 0 amide bonds. The van der Waals surface area contributed by atoms with Gasteiger partial charge in [-0.15, -0.1) is 0 Å². The predicted molar refractivity (Wildman–Crippen MR) is 72.1 cm³/mol. The van der Waals surface area contributed by atoms with Crippen LogP contribution in [0.25, 0.3) is 0 Å². The fraction of sp³-hybridized carbons (Fsp3) is 0.571. The number of methoxy groups -OCH3 is 1. The van der Waals surface area contributed by atoms with Gasteiger partial charge in [0.15, 0.2) is 0 Å². The third-order valence-corrected chi connectivity index (χ3v) is 4.12. The van der Waals surface area contributed by atoms with Gasteiger partial charge in [-0.25, -0.2) is 0 Å². The third kappa shape index (κ3) is 2.43. The Morgan fingerprint density at radius 2 is 2.12 bits per heavy atom. The summed E-state index contributed by atoms with van der Waals surface area (Å²) in [5.74, 6) is 0.944. The normalized spacial score (nSPS) is 20.4. The van der Waals surface area contributed by atoms with E-state index in [2.05, 4.69) is 18.3 Å². The first-order valence-electron chi connectivity index (χ1n) is 6.22. The van der Waals surface area contributed by atoms with Gasteiger partial charge in [0.2, 0.25) is 0 Å². The Bertz CT molecular complexity index is 411. The molecule has 1 aromatic rings. The van der Waals surface area contributed by atoms with Crippen molar-refractivity contribution in [2.45, 2.75) is 39.2 Å². The highest BCUT2D eigenvalue weighted by molar-refractivity contribution is 6.32. The zero-order valence-electron chi connectivity index (χ0n) is 10.8. The fourth-order valence-electron chi connectivity index (χ4n) is 2.62. The van der Waals surface area contributed by atoms with E-state index in [0.717, 1.165) is 28.4 Å². The molecule has 2 nitrogen and oxygen atoms in total. The lowest BCUT2D eigenvalue weighted by Gasteiger charge is -2.27. The lowest BCUT2D eigenvalue weighted by atomic mass is 9.93. The van der Waals surface area contributed by atoms with E-state index >= 15 is 0 Å². The minimum absolute atomic E-state index is 0.411. The summed E-state index contributed by atoms with van der Waals surface area (Å²) in [6.45, 7) is 5.18. The fourth-order valence-corrected chi connectivity index (χ4v) is 2.76. The first kappa shape index (κ1) is 12.7. The van der Waals surface area contributed by atoms with Crippen molar-refractivity contribution in [2.24, 2.45) is 0 Å². The molecule has 94 valence electrons. The summed E-state index contributed by atoms with van der Waals surface area (Å²) in [6.07, 6.45) is 3.72. The molecule has 1 saturated heterocycles. The van der Waals surface area contributed by atoms with E-state index in [-0.39, 0.29) is 0 Å². The number of hydrogen-bond acceptors (Lipinski definition) is 2. The van der Waals surface area contributed by atoms with E-state index in [1.165, 1.54) is 24.8 Å². The van der Waals surface area contributed by atoms with E-state index in [1.54, 1.807) is 7.11 Å². The van der Waals surface area contributed by atoms with Crippen molar-refractivity contribution in [3.63, 3.8) is 0 Å². The van der Waals surface area contributed by atoms with Crippen LogP contribution in [0.5, 0.6) is 5.75 Å². The number of nitrogens with one attached hydrogen (secondary N) is 1. The molecular weight excluding hydrogens is 234 g/mol. The smallest absolute Gasteiger partial charge is 0.128 e. The van der Waals surface area contributed by atoms with Crippen LogP contribution in [-0.4, -0.2) is 13.7 Å². The molecule has 1 aromatic carbocycles. The summed E-state index contributed by atoms with van der Waals surface area (Å²) in [7, 11) is 1.72. The summed E-state index contributed by atoms with van der Waals surface area (Å²) in [6, 6.07) is 2.57. The maximum absolute atomic E-state index is 6.27. The Morgan fingerprint density at radius 1 is 1.35 bits per heavy atom. The second-order valence-electron chi connectivity index (χ2n) is 4.76. The molecular formula is C14H20ClNO. The van der Waals surface area contributed by atoms with Crippen LogP contribution >= 0.6 is 11.6 Å². The molecule has 1 atom stereocenters. The summed E-state index contributed by atoms with van der Waals surface area (Å²) >= 11 is 6.27. The SMILES string of the molecule is COc1c(C2CCCCN2)cc(C)c(Cl)c1C. The van der Waals surface area contributed by atoms with Gasteiger partial charge in [0.25, 0.3) is 0 Å². The van der Waals surface area contributed by atoms with Crippen LogP contribution in [0.15, 0.2) is 6.07 Å². The average molecular weight is 254 g/mol. The molecule has 0 spiro atoms. The van der Waals surface area contributed by atoms with E-state index < -0.39 is 0 Å². The number of benzene rings is 1. The molecule has 1 aliphatic heterocycles. The summed E-state index contributed by atoms with van der Waals surface area (Å²) in [5, 5.41) is 4.38. The predicted octanol–water partition coefficient (Wildman–Crippen LogP) is 3.78. The van der Waals surface area contributed by atoms with Gasteiger partial charge < -0.3 is 10.1 Å². The molecule has 1 unspecified atom stereocenters. The molecule has 2 rings (SSSR count). The van der Waals surface area contributed by atoms with Gasteiger partial charge in [-0.1, -0.05) is 18.0 Å². The first-order chi connectivity index (χ1) is 8.15. The zero-order valence-corrected chi connectivity index (χ0v) is 11.5. The first-order valence-corrected chi connectivity index (χ1v) is 6.60. The van der Waals surface area contributed by atoms with Gasteiger partial charge in [0.1, 0.15) is 5.75 Å². The minimum atomic E-state index is 0.411. The van der Waals surface area contributed by atoms with Gasteiger partial charge in [-0.2, -0.15) is 0 Å². The van der Waals surface area contributed by atoms with Crippen molar-refractivity contribution in [2.75, 3.05) is 13.7 Å². The highest BCUT2D eigenvalue weighted by Gasteiger charge is 2.21. The van der Waals surface area contributed by atoms with Crippen LogP contribution in [0.3, 0.4) is 0 Å². The topological polar surface area (TPSA) is 21.3 Å². The van der Waals surface area contributed by atoms with Crippen LogP contribution in [-0.2, 0) is 0 Å². The molecule has 1 N–H and O–H groups in total. The van der Waals surface area contributed by atoms with Crippen LogP contribution < -0.4 is 10.1 Å². The summed E-state index contributed by atoms with van der Waals surface area (Å²) in [5.41, 5.74) is 3.44. The van der Waals surface area contributed by atoms with E-state index in [0.29, 0.717) is 6.04 Å². The van der Waals surface area contributed by atoms with Gasteiger partial charge >= 0.3 is 0 Å². The van der Waals surface area contributed by atoms with Gasteiger partial charge in [-0.05, 0) is 44.9 Å². The third-order valence-electron chi connectivity index (χ3n) is 3.54. The Labute approximate surface area is 108 Å². The Hall–Kier alpha value is -0.730. The molecule has 0 aromatic heterocycles. The second-order valence-corrected chi connectivity index (χ2v) is 5.14. The van der Waals surface area contributed by atoms with E-state index in [4.69, 9.17) is 16.3 Å². The summed E-state index contributed by atoms with van der Waals surface area (Å²) in [4.78, 5) is 0. The highest BCUT2D eigenvalue weighted by Crippen LogP contribution is 2.38. The standard InChI is InChI=1S/C14H20ClNO/c1-9-8-11(12-6-4-5-7-16-12)14(17-3)10(2)13(9)15/h8,12,16H,4-7H2,1-3H3. The number of rotatable bonds is 2.